The second-order valence-corrected chi connectivity index (χ2v) is 5.76. The second kappa shape index (κ2) is 5.94. The molecule has 0 aliphatic rings. The summed E-state index contributed by atoms with van der Waals surface area (Å²) in [4.78, 5) is 0. The summed E-state index contributed by atoms with van der Waals surface area (Å²) in [5.74, 6) is -0.339. The van der Waals surface area contributed by atoms with E-state index in [1.807, 2.05) is 0 Å². The SMILES string of the molecule is Cc1cc(C)c(CC(N)c2ccc(F)cc2Cl)c(C)c1. The summed E-state index contributed by atoms with van der Waals surface area (Å²) in [6.45, 7) is 6.27. The lowest BCUT2D eigenvalue weighted by Gasteiger charge is -2.18. The lowest BCUT2D eigenvalue weighted by molar-refractivity contribution is 0.624. The third-order valence-corrected chi connectivity index (χ3v) is 3.95. The average molecular weight is 292 g/mol. The Labute approximate surface area is 124 Å². The van der Waals surface area contributed by atoms with Crippen molar-refractivity contribution in [3.63, 3.8) is 0 Å². The van der Waals surface area contributed by atoms with E-state index in [9.17, 15) is 4.39 Å². The van der Waals surface area contributed by atoms with Gasteiger partial charge in [0.15, 0.2) is 0 Å². The molecule has 0 fully saturated rings. The Hall–Kier alpha value is -1.38. The van der Waals surface area contributed by atoms with Crippen LogP contribution < -0.4 is 5.73 Å². The molecule has 0 aromatic heterocycles. The standard InChI is InChI=1S/C17H19ClFN/c1-10-6-11(2)15(12(3)7-10)9-17(20)14-5-4-13(19)8-16(14)18/h4-8,17H,9,20H2,1-3H3. The first-order valence-corrected chi connectivity index (χ1v) is 7.03. The quantitative estimate of drug-likeness (QED) is 0.875. The van der Waals surface area contributed by atoms with Crippen LogP contribution in [0.4, 0.5) is 4.39 Å². The molecule has 0 radical (unpaired) electrons. The highest BCUT2D eigenvalue weighted by molar-refractivity contribution is 6.31. The zero-order valence-electron chi connectivity index (χ0n) is 12.0. The maximum atomic E-state index is 13.1. The number of benzene rings is 2. The first-order chi connectivity index (χ1) is 9.38. The van der Waals surface area contributed by atoms with Gasteiger partial charge in [-0.25, -0.2) is 4.39 Å². The Morgan fingerprint density at radius 2 is 1.70 bits per heavy atom. The Morgan fingerprint density at radius 3 is 2.25 bits per heavy atom. The minimum atomic E-state index is -0.339. The molecule has 0 heterocycles. The number of hydrogen-bond donors (Lipinski definition) is 1. The van der Waals surface area contributed by atoms with Crippen molar-refractivity contribution in [3.05, 3.63) is 69.0 Å². The van der Waals surface area contributed by atoms with E-state index in [1.54, 1.807) is 6.07 Å². The van der Waals surface area contributed by atoms with Crippen molar-refractivity contribution in [3.8, 4) is 0 Å². The maximum Gasteiger partial charge on any atom is 0.124 e. The summed E-state index contributed by atoms with van der Waals surface area (Å²) < 4.78 is 13.1. The molecule has 1 nitrogen and oxygen atoms in total. The number of aryl methyl sites for hydroxylation is 3. The predicted octanol–water partition coefficient (Wildman–Crippen LogP) is 4.65. The van der Waals surface area contributed by atoms with Crippen LogP contribution in [0.15, 0.2) is 30.3 Å². The molecule has 2 aromatic carbocycles. The highest BCUT2D eigenvalue weighted by atomic mass is 35.5. The summed E-state index contributed by atoms with van der Waals surface area (Å²) in [6.07, 6.45) is 0.698. The van der Waals surface area contributed by atoms with E-state index in [2.05, 4.69) is 32.9 Å². The Kier molecular flexibility index (Phi) is 4.46. The van der Waals surface area contributed by atoms with Crippen LogP contribution >= 0.6 is 11.6 Å². The summed E-state index contributed by atoms with van der Waals surface area (Å²) in [5.41, 5.74) is 12.0. The molecule has 0 saturated heterocycles. The van der Waals surface area contributed by atoms with Gasteiger partial charge in [-0.1, -0.05) is 35.4 Å². The zero-order valence-corrected chi connectivity index (χ0v) is 12.8. The van der Waals surface area contributed by atoms with Gasteiger partial charge >= 0.3 is 0 Å². The van der Waals surface area contributed by atoms with Crippen molar-refractivity contribution < 1.29 is 4.39 Å². The van der Waals surface area contributed by atoms with Gasteiger partial charge in [0, 0.05) is 11.1 Å². The minimum absolute atomic E-state index is 0.233. The zero-order chi connectivity index (χ0) is 14.9. The molecule has 0 amide bonds. The Balaban J connectivity index is 2.30. The first kappa shape index (κ1) is 15.0. The highest BCUT2D eigenvalue weighted by Crippen LogP contribution is 2.27. The molecule has 0 spiro atoms. The molecule has 1 unspecified atom stereocenters. The molecule has 0 bridgehead atoms. The molecule has 0 aliphatic heterocycles. The van der Waals surface area contributed by atoms with Crippen molar-refractivity contribution >= 4 is 11.6 Å². The van der Waals surface area contributed by atoms with E-state index in [-0.39, 0.29) is 11.9 Å². The van der Waals surface area contributed by atoms with Gasteiger partial charge < -0.3 is 5.73 Å². The molecule has 2 N–H and O–H groups in total. The lowest BCUT2D eigenvalue weighted by atomic mass is 9.92. The number of nitrogens with two attached hydrogens (primary N) is 1. The van der Waals surface area contributed by atoms with Gasteiger partial charge in [-0.3, -0.25) is 0 Å². The highest BCUT2D eigenvalue weighted by Gasteiger charge is 2.14. The molecule has 2 aromatic rings. The van der Waals surface area contributed by atoms with Crippen LogP contribution in [-0.2, 0) is 6.42 Å². The Bertz CT molecular complexity index is 614. The van der Waals surface area contributed by atoms with Crippen LogP contribution in [0, 0.1) is 26.6 Å². The van der Waals surface area contributed by atoms with Gasteiger partial charge in [-0.15, -0.1) is 0 Å². The molecular weight excluding hydrogens is 273 g/mol. The third-order valence-electron chi connectivity index (χ3n) is 3.63. The number of hydrogen-bond acceptors (Lipinski definition) is 1. The van der Waals surface area contributed by atoms with E-state index in [1.165, 1.54) is 34.4 Å². The van der Waals surface area contributed by atoms with E-state index in [4.69, 9.17) is 17.3 Å². The van der Waals surface area contributed by atoms with Crippen molar-refractivity contribution in [1.29, 1.82) is 0 Å². The summed E-state index contributed by atoms with van der Waals surface area (Å²) in [5, 5.41) is 0.389. The summed E-state index contributed by atoms with van der Waals surface area (Å²) >= 11 is 6.08. The fourth-order valence-electron chi connectivity index (χ4n) is 2.66. The maximum absolute atomic E-state index is 13.1. The predicted molar refractivity (Wildman–Crippen MR) is 82.7 cm³/mol. The molecule has 2 rings (SSSR count). The van der Waals surface area contributed by atoms with Gasteiger partial charge in [0.25, 0.3) is 0 Å². The van der Waals surface area contributed by atoms with Gasteiger partial charge in [-0.2, -0.15) is 0 Å². The topological polar surface area (TPSA) is 26.0 Å². The van der Waals surface area contributed by atoms with Crippen molar-refractivity contribution in [2.75, 3.05) is 0 Å². The second-order valence-electron chi connectivity index (χ2n) is 5.35. The first-order valence-electron chi connectivity index (χ1n) is 6.65. The molecule has 3 heteroatoms. The molecule has 0 saturated carbocycles. The van der Waals surface area contributed by atoms with Gasteiger partial charge in [0.1, 0.15) is 5.82 Å². The molecule has 106 valence electrons. The average Bonchev–Trinajstić information content (AvgIpc) is 2.33. The van der Waals surface area contributed by atoms with E-state index in [0.29, 0.717) is 11.4 Å². The largest absolute Gasteiger partial charge is 0.324 e. The van der Waals surface area contributed by atoms with Gasteiger partial charge in [0.2, 0.25) is 0 Å². The van der Waals surface area contributed by atoms with E-state index < -0.39 is 0 Å². The normalized spacial score (nSPS) is 12.5. The fraction of sp³-hybridized carbons (Fsp3) is 0.294. The van der Waals surface area contributed by atoms with Crippen LogP contribution in [0.2, 0.25) is 5.02 Å². The van der Waals surface area contributed by atoms with Crippen LogP contribution in [0.5, 0.6) is 0 Å². The third kappa shape index (κ3) is 3.20. The van der Waals surface area contributed by atoms with E-state index >= 15 is 0 Å². The molecule has 0 aliphatic carbocycles. The fourth-order valence-corrected chi connectivity index (χ4v) is 2.97. The van der Waals surface area contributed by atoms with Crippen LogP contribution in [-0.4, -0.2) is 0 Å². The van der Waals surface area contributed by atoms with Gasteiger partial charge in [-0.05, 0) is 61.6 Å². The van der Waals surface area contributed by atoms with Crippen molar-refractivity contribution in [1.82, 2.24) is 0 Å². The monoisotopic (exact) mass is 291 g/mol. The smallest absolute Gasteiger partial charge is 0.124 e. The van der Waals surface area contributed by atoms with Crippen molar-refractivity contribution in [2.24, 2.45) is 5.73 Å². The number of halogens is 2. The summed E-state index contributed by atoms with van der Waals surface area (Å²) in [6, 6.07) is 8.45. The van der Waals surface area contributed by atoms with Crippen LogP contribution in [0.1, 0.15) is 33.9 Å². The molecule has 1 atom stereocenters. The van der Waals surface area contributed by atoms with Gasteiger partial charge in [0.05, 0.1) is 0 Å². The lowest BCUT2D eigenvalue weighted by Crippen LogP contribution is -2.15. The van der Waals surface area contributed by atoms with Crippen LogP contribution in [0.3, 0.4) is 0 Å². The number of rotatable bonds is 3. The van der Waals surface area contributed by atoms with Crippen LogP contribution in [0.25, 0.3) is 0 Å². The minimum Gasteiger partial charge on any atom is -0.324 e. The molecule has 20 heavy (non-hydrogen) atoms. The molecular formula is C17H19ClFN. The van der Waals surface area contributed by atoms with Crippen molar-refractivity contribution in [2.45, 2.75) is 33.2 Å². The summed E-state index contributed by atoms with van der Waals surface area (Å²) in [7, 11) is 0. The Morgan fingerprint density at radius 1 is 1.10 bits per heavy atom. The van der Waals surface area contributed by atoms with E-state index in [0.717, 1.165) is 5.56 Å².